The summed E-state index contributed by atoms with van der Waals surface area (Å²) in [6.45, 7) is -0.357. The van der Waals surface area contributed by atoms with Gasteiger partial charge in [-0.3, -0.25) is 14.4 Å². The standard InChI is InChI=1S/C13H13FN2O4/c14-8-2-1-3-9(6-8)16-10(17)7-15-11(18)13(4-5-13)12(19)20/h1-3,6H,4-5,7H2,(H,15,18)(H,16,17)(H,19,20). The number of nitrogens with one attached hydrogen (secondary N) is 2. The van der Waals surface area contributed by atoms with Crippen LogP contribution in [0.5, 0.6) is 0 Å². The van der Waals surface area contributed by atoms with Crippen LogP contribution in [0.3, 0.4) is 0 Å². The van der Waals surface area contributed by atoms with Crippen molar-refractivity contribution in [3.05, 3.63) is 30.1 Å². The molecule has 0 atom stereocenters. The normalized spacial score (nSPS) is 15.2. The first-order chi connectivity index (χ1) is 9.44. The molecule has 1 fully saturated rings. The van der Waals surface area contributed by atoms with Crippen molar-refractivity contribution in [2.45, 2.75) is 12.8 Å². The molecule has 2 rings (SSSR count). The summed E-state index contributed by atoms with van der Waals surface area (Å²) >= 11 is 0. The van der Waals surface area contributed by atoms with Crippen LogP contribution in [0.25, 0.3) is 0 Å². The number of hydrogen-bond acceptors (Lipinski definition) is 3. The fraction of sp³-hybridized carbons (Fsp3) is 0.308. The average molecular weight is 280 g/mol. The summed E-state index contributed by atoms with van der Waals surface area (Å²) < 4.78 is 12.9. The first kappa shape index (κ1) is 14.0. The Morgan fingerprint density at radius 3 is 2.55 bits per heavy atom. The molecule has 106 valence electrons. The highest BCUT2D eigenvalue weighted by Gasteiger charge is 2.57. The number of benzene rings is 1. The van der Waals surface area contributed by atoms with Gasteiger partial charge >= 0.3 is 5.97 Å². The lowest BCUT2D eigenvalue weighted by atomic mass is 10.1. The van der Waals surface area contributed by atoms with Crippen LogP contribution in [-0.2, 0) is 14.4 Å². The Morgan fingerprint density at radius 1 is 1.30 bits per heavy atom. The maximum Gasteiger partial charge on any atom is 0.319 e. The second-order valence-corrected chi connectivity index (χ2v) is 4.63. The molecule has 0 spiro atoms. The van der Waals surface area contributed by atoms with E-state index in [2.05, 4.69) is 10.6 Å². The smallest absolute Gasteiger partial charge is 0.319 e. The van der Waals surface area contributed by atoms with Gasteiger partial charge in [-0.15, -0.1) is 0 Å². The molecule has 1 saturated carbocycles. The van der Waals surface area contributed by atoms with Gasteiger partial charge in [-0.25, -0.2) is 4.39 Å². The Balaban J connectivity index is 1.84. The van der Waals surface area contributed by atoms with Gasteiger partial charge in [0, 0.05) is 5.69 Å². The minimum atomic E-state index is -1.38. The predicted molar refractivity (Wildman–Crippen MR) is 67.3 cm³/mol. The third kappa shape index (κ3) is 2.93. The molecule has 0 unspecified atom stereocenters. The third-order valence-corrected chi connectivity index (χ3v) is 3.11. The van der Waals surface area contributed by atoms with E-state index in [1.807, 2.05) is 0 Å². The zero-order valence-electron chi connectivity index (χ0n) is 10.5. The van der Waals surface area contributed by atoms with E-state index in [1.165, 1.54) is 18.2 Å². The molecule has 0 aliphatic heterocycles. The molecule has 0 aromatic heterocycles. The molecular weight excluding hydrogens is 267 g/mol. The minimum absolute atomic E-state index is 0.267. The highest BCUT2D eigenvalue weighted by atomic mass is 19.1. The van der Waals surface area contributed by atoms with Crippen LogP contribution >= 0.6 is 0 Å². The molecule has 1 aromatic rings. The molecule has 1 aliphatic carbocycles. The Morgan fingerprint density at radius 2 is 2.00 bits per heavy atom. The molecule has 2 amide bonds. The van der Waals surface area contributed by atoms with Crippen molar-refractivity contribution in [3.63, 3.8) is 0 Å². The van der Waals surface area contributed by atoms with E-state index in [4.69, 9.17) is 5.11 Å². The number of carboxylic acids is 1. The van der Waals surface area contributed by atoms with Crippen molar-refractivity contribution in [2.24, 2.45) is 5.41 Å². The highest BCUT2D eigenvalue weighted by Crippen LogP contribution is 2.45. The second-order valence-electron chi connectivity index (χ2n) is 4.63. The number of anilines is 1. The zero-order valence-corrected chi connectivity index (χ0v) is 10.5. The van der Waals surface area contributed by atoms with Gasteiger partial charge < -0.3 is 15.7 Å². The van der Waals surface area contributed by atoms with Crippen molar-refractivity contribution in [3.8, 4) is 0 Å². The maximum atomic E-state index is 12.9. The molecular formula is C13H13FN2O4. The molecule has 3 N–H and O–H groups in total. The Labute approximate surface area is 114 Å². The molecule has 7 heteroatoms. The predicted octanol–water partition coefficient (Wildman–Crippen LogP) is 0.745. The van der Waals surface area contributed by atoms with Crippen LogP contribution in [0.1, 0.15) is 12.8 Å². The number of rotatable bonds is 5. The summed E-state index contributed by atoms with van der Waals surface area (Å²) in [5.74, 6) is -2.89. The largest absolute Gasteiger partial charge is 0.480 e. The Bertz CT molecular complexity index is 569. The van der Waals surface area contributed by atoms with Crippen LogP contribution in [0.15, 0.2) is 24.3 Å². The summed E-state index contributed by atoms with van der Waals surface area (Å²) in [5.41, 5.74) is -1.11. The van der Waals surface area contributed by atoms with Crippen LogP contribution in [-0.4, -0.2) is 29.4 Å². The van der Waals surface area contributed by atoms with Gasteiger partial charge in [0.1, 0.15) is 11.2 Å². The maximum absolute atomic E-state index is 12.9. The summed E-state index contributed by atoms with van der Waals surface area (Å²) in [6, 6.07) is 5.32. The van der Waals surface area contributed by atoms with E-state index in [9.17, 15) is 18.8 Å². The Hall–Kier alpha value is -2.44. The van der Waals surface area contributed by atoms with Crippen molar-refractivity contribution in [1.82, 2.24) is 5.32 Å². The van der Waals surface area contributed by atoms with Gasteiger partial charge in [-0.2, -0.15) is 0 Å². The number of halogens is 1. The van der Waals surface area contributed by atoms with Crippen LogP contribution in [0.2, 0.25) is 0 Å². The van der Waals surface area contributed by atoms with Gasteiger partial charge in [0.15, 0.2) is 0 Å². The number of hydrogen-bond donors (Lipinski definition) is 3. The fourth-order valence-corrected chi connectivity index (χ4v) is 1.76. The van der Waals surface area contributed by atoms with Crippen molar-refractivity contribution < 1.29 is 23.9 Å². The minimum Gasteiger partial charge on any atom is -0.480 e. The lowest BCUT2D eigenvalue weighted by Crippen LogP contribution is -2.40. The van der Waals surface area contributed by atoms with Crippen molar-refractivity contribution in [2.75, 3.05) is 11.9 Å². The molecule has 1 aliphatic rings. The van der Waals surface area contributed by atoms with Crippen molar-refractivity contribution >= 4 is 23.5 Å². The van der Waals surface area contributed by atoms with E-state index in [1.54, 1.807) is 0 Å². The summed E-state index contributed by atoms with van der Waals surface area (Å²) in [4.78, 5) is 34.1. The van der Waals surface area contributed by atoms with E-state index < -0.39 is 29.0 Å². The first-order valence-electron chi connectivity index (χ1n) is 6.01. The number of amides is 2. The van der Waals surface area contributed by atoms with Gasteiger partial charge in [0.2, 0.25) is 11.8 Å². The Kier molecular flexibility index (Phi) is 3.69. The molecule has 6 nitrogen and oxygen atoms in total. The first-order valence-corrected chi connectivity index (χ1v) is 6.01. The summed E-state index contributed by atoms with van der Waals surface area (Å²) in [5, 5.41) is 13.6. The van der Waals surface area contributed by atoms with E-state index in [0.717, 1.165) is 6.07 Å². The molecule has 20 heavy (non-hydrogen) atoms. The monoisotopic (exact) mass is 280 g/mol. The molecule has 1 aromatic carbocycles. The fourth-order valence-electron chi connectivity index (χ4n) is 1.76. The summed E-state index contributed by atoms with van der Waals surface area (Å²) in [6.07, 6.45) is 0.555. The van der Waals surface area contributed by atoms with E-state index in [0.29, 0.717) is 0 Å². The molecule has 0 heterocycles. The summed E-state index contributed by atoms with van der Waals surface area (Å²) in [7, 11) is 0. The van der Waals surface area contributed by atoms with Gasteiger partial charge in [0.25, 0.3) is 0 Å². The lowest BCUT2D eigenvalue weighted by molar-refractivity contribution is -0.149. The van der Waals surface area contributed by atoms with Gasteiger partial charge in [0.05, 0.1) is 6.54 Å². The molecule has 0 radical (unpaired) electrons. The highest BCUT2D eigenvalue weighted by molar-refractivity contribution is 6.06. The molecule has 0 bridgehead atoms. The number of aliphatic carboxylic acids is 1. The van der Waals surface area contributed by atoms with Crippen LogP contribution in [0, 0.1) is 11.2 Å². The molecule has 0 saturated heterocycles. The van der Waals surface area contributed by atoms with Gasteiger partial charge in [-0.05, 0) is 31.0 Å². The van der Waals surface area contributed by atoms with E-state index in [-0.39, 0.29) is 25.1 Å². The number of carboxylic acid groups (broad SMARTS) is 1. The third-order valence-electron chi connectivity index (χ3n) is 3.11. The van der Waals surface area contributed by atoms with Crippen molar-refractivity contribution in [1.29, 1.82) is 0 Å². The van der Waals surface area contributed by atoms with Crippen LogP contribution < -0.4 is 10.6 Å². The van der Waals surface area contributed by atoms with Gasteiger partial charge in [-0.1, -0.05) is 6.07 Å². The zero-order chi connectivity index (χ0) is 14.8. The quantitative estimate of drug-likeness (QED) is 0.693. The topological polar surface area (TPSA) is 95.5 Å². The second kappa shape index (κ2) is 5.28. The lowest BCUT2D eigenvalue weighted by Gasteiger charge is -2.11. The van der Waals surface area contributed by atoms with E-state index >= 15 is 0 Å². The number of carbonyl (C=O) groups excluding carboxylic acids is 2. The number of carbonyl (C=O) groups is 3. The average Bonchev–Trinajstić information content (AvgIpc) is 3.17. The van der Waals surface area contributed by atoms with Crippen LogP contribution in [0.4, 0.5) is 10.1 Å². The SMILES string of the molecule is O=C(CNC(=O)C1(C(=O)O)CC1)Nc1cccc(F)c1.